The maximum Gasteiger partial charge on any atom is 0.316 e. The first-order valence-electron chi connectivity index (χ1n) is 6.45. The quantitative estimate of drug-likeness (QED) is 0.853. The van der Waals surface area contributed by atoms with E-state index in [2.05, 4.69) is 9.71 Å². The number of amidine groups is 1. The molecular formula is C13H16N2O4S2. The number of rotatable bonds is 4. The molecule has 0 bridgehead atoms. The molecule has 6 nitrogen and oxygen atoms in total. The van der Waals surface area contributed by atoms with E-state index >= 15 is 0 Å². The molecule has 0 aromatic heterocycles. The molecule has 1 heterocycles. The highest BCUT2D eigenvalue weighted by Gasteiger charge is 2.25. The van der Waals surface area contributed by atoms with Crippen molar-refractivity contribution in [1.82, 2.24) is 0 Å². The number of hydrogen-bond donors (Lipinski definition) is 1. The molecule has 0 saturated heterocycles. The summed E-state index contributed by atoms with van der Waals surface area (Å²) >= 11 is 1.01. The molecule has 1 aliphatic heterocycles. The highest BCUT2D eigenvalue weighted by atomic mass is 32.2. The van der Waals surface area contributed by atoms with Gasteiger partial charge in [-0.25, -0.2) is 0 Å². The van der Waals surface area contributed by atoms with Gasteiger partial charge in [0, 0.05) is 0 Å². The van der Waals surface area contributed by atoms with Crippen molar-refractivity contribution in [3.63, 3.8) is 0 Å². The van der Waals surface area contributed by atoms with Crippen LogP contribution in [0.4, 0.5) is 5.69 Å². The van der Waals surface area contributed by atoms with Gasteiger partial charge in [-0.15, -0.1) is 4.40 Å². The molecule has 1 atom stereocenters. The summed E-state index contributed by atoms with van der Waals surface area (Å²) in [7, 11) is -3.71. The standard InChI is InChI=1S/C13H16N2O4S2/c1-3-9(2)19-12(16)8-20-13-14-10-6-4-5-7-11(10)21(17,18)15-13/h4-7,9H,3,8H2,1-2H3,(H,14,15). The van der Waals surface area contributed by atoms with Crippen LogP contribution >= 0.6 is 11.8 Å². The van der Waals surface area contributed by atoms with E-state index in [1.165, 1.54) is 6.07 Å². The zero-order valence-electron chi connectivity index (χ0n) is 11.7. The number of hydrogen-bond acceptors (Lipinski definition) is 6. The minimum absolute atomic E-state index is 0.00780. The Morgan fingerprint density at radius 2 is 2.14 bits per heavy atom. The summed E-state index contributed by atoms with van der Waals surface area (Å²) in [6.07, 6.45) is 0.584. The number of nitrogens with one attached hydrogen (secondary N) is 1. The van der Waals surface area contributed by atoms with Crippen LogP contribution in [-0.4, -0.2) is 31.4 Å². The predicted octanol–water partition coefficient (Wildman–Crippen LogP) is 2.23. The number of thioether (sulfide) groups is 1. The first-order chi connectivity index (χ1) is 9.92. The van der Waals surface area contributed by atoms with Crippen molar-refractivity contribution in [2.75, 3.05) is 11.1 Å². The van der Waals surface area contributed by atoms with Crippen molar-refractivity contribution in [3.8, 4) is 0 Å². The minimum atomic E-state index is -3.71. The van der Waals surface area contributed by atoms with Crippen LogP contribution in [0.25, 0.3) is 0 Å². The molecule has 1 aromatic carbocycles. The van der Waals surface area contributed by atoms with Crippen LogP contribution in [-0.2, 0) is 19.6 Å². The molecule has 0 amide bonds. The SMILES string of the molecule is CCC(C)OC(=O)CSC1=NS(=O)(=O)c2ccccc2N1. The van der Waals surface area contributed by atoms with Crippen molar-refractivity contribution in [2.45, 2.75) is 31.3 Å². The van der Waals surface area contributed by atoms with Crippen LogP contribution in [0, 0.1) is 0 Å². The number of carbonyl (C=O) groups is 1. The Morgan fingerprint density at radius 3 is 2.86 bits per heavy atom. The number of para-hydroxylation sites is 1. The number of sulfonamides is 1. The van der Waals surface area contributed by atoms with Gasteiger partial charge in [-0.2, -0.15) is 8.42 Å². The highest BCUT2D eigenvalue weighted by molar-refractivity contribution is 8.15. The fraction of sp³-hybridized carbons (Fsp3) is 0.385. The molecule has 1 aromatic rings. The topological polar surface area (TPSA) is 84.8 Å². The lowest BCUT2D eigenvalue weighted by molar-refractivity contribution is -0.144. The summed E-state index contributed by atoms with van der Waals surface area (Å²) in [6, 6.07) is 6.50. The first kappa shape index (κ1) is 15.8. The molecule has 0 spiro atoms. The van der Waals surface area contributed by atoms with Gasteiger partial charge in [0.15, 0.2) is 5.17 Å². The van der Waals surface area contributed by atoms with Gasteiger partial charge in [0.2, 0.25) is 0 Å². The van der Waals surface area contributed by atoms with Crippen molar-refractivity contribution < 1.29 is 17.9 Å². The van der Waals surface area contributed by atoms with Crippen molar-refractivity contribution in [1.29, 1.82) is 0 Å². The van der Waals surface area contributed by atoms with Crippen LogP contribution < -0.4 is 5.32 Å². The maximum absolute atomic E-state index is 12.0. The number of carbonyl (C=O) groups excluding carboxylic acids is 1. The van der Waals surface area contributed by atoms with Crippen LogP contribution in [0.2, 0.25) is 0 Å². The number of nitrogens with zero attached hydrogens (tertiary/aromatic N) is 1. The van der Waals surface area contributed by atoms with E-state index in [1.807, 2.05) is 6.92 Å². The van der Waals surface area contributed by atoms with E-state index in [9.17, 15) is 13.2 Å². The third-order valence-corrected chi connectivity index (χ3v) is 5.14. The van der Waals surface area contributed by atoms with E-state index in [-0.39, 0.29) is 21.9 Å². The Labute approximate surface area is 128 Å². The van der Waals surface area contributed by atoms with Gasteiger partial charge in [-0.05, 0) is 25.5 Å². The second-order valence-corrected chi connectivity index (χ2v) is 7.03. The number of fused-ring (bicyclic) bond motifs is 1. The number of benzene rings is 1. The highest BCUT2D eigenvalue weighted by Crippen LogP contribution is 2.28. The lowest BCUT2D eigenvalue weighted by atomic mass is 10.3. The monoisotopic (exact) mass is 328 g/mol. The smallest absolute Gasteiger partial charge is 0.316 e. The second kappa shape index (κ2) is 6.48. The molecule has 21 heavy (non-hydrogen) atoms. The Hall–Kier alpha value is -1.54. The summed E-state index contributed by atoms with van der Waals surface area (Å²) in [5.41, 5.74) is 0.463. The van der Waals surface area contributed by atoms with Crippen molar-refractivity contribution in [3.05, 3.63) is 24.3 Å². The lowest BCUT2D eigenvalue weighted by Crippen LogP contribution is -2.22. The summed E-state index contributed by atoms with van der Waals surface area (Å²) in [6.45, 7) is 3.72. The van der Waals surface area contributed by atoms with Gasteiger partial charge in [-0.1, -0.05) is 30.8 Å². The van der Waals surface area contributed by atoms with E-state index < -0.39 is 16.0 Å². The fourth-order valence-corrected chi connectivity index (χ4v) is 3.64. The van der Waals surface area contributed by atoms with Crippen LogP contribution in [0.1, 0.15) is 20.3 Å². The zero-order chi connectivity index (χ0) is 15.5. The average Bonchev–Trinajstić information content (AvgIpc) is 2.44. The van der Waals surface area contributed by atoms with Crippen LogP contribution in [0.5, 0.6) is 0 Å². The predicted molar refractivity (Wildman–Crippen MR) is 83.0 cm³/mol. The Balaban J connectivity index is 2.04. The van der Waals surface area contributed by atoms with Gasteiger partial charge >= 0.3 is 5.97 Å². The van der Waals surface area contributed by atoms with E-state index in [4.69, 9.17) is 4.74 Å². The third-order valence-electron chi connectivity index (χ3n) is 2.84. The number of esters is 1. The molecule has 0 radical (unpaired) electrons. The molecule has 0 fully saturated rings. The van der Waals surface area contributed by atoms with E-state index in [0.717, 1.165) is 18.2 Å². The van der Waals surface area contributed by atoms with Crippen LogP contribution in [0.3, 0.4) is 0 Å². The molecule has 0 aliphatic carbocycles. The first-order valence-corrected chi connectivity index (χ1v) is 8.88. The van der Waals surface area contributed by atoms with Crippen molar-refractivity contribution >= 4 is 38.6 Å². The second-order valence-electron chi connectivity index (χ2n) is 4.49. The summed E-state index contributed by atoms with van der Waals surface area (Å²) in [4.78, 5) is 11.7. The van der Waals surface area contributed by atoms with Gasteiger partial charge in [0.25, 0.3) is 10.0 Å². The fourth-order valence-electron chi connectivity index (χ4n) is 1.62. The van der Waals surface area contributed by atoms with Gasteiger partial charge < -0.3 is 10.1 Å². The van der Waals surface area contributed by atoms with E-state index in [0.29, 0.717) is 5.69 Å². The van der Waals surface area contributed by atoms with Crippen LogP contribution in [0.15, 0.2) is 33.6 Å². The third kappa shape index (κ3) is 3.98. The lowest BCUT2D eigenvalue weighted by Gasteiger charge is -2.17. The summed E-state index contributed by atoms with van der Waals surface area (Å²) in [5, 5.41) is 3.08. The molecule has 1 N–H and O–H groups in total. The van der Waals surface area contributed by atoms with Gasteiger partial charge in [0.05, 0.1) is 17.5 Å². The minimum Gasteiger partial charge on any atom is -0.462 e. The average molecular weight is 328 g/mol. The molecule has 0 saturated carbocycles. The molecule has 1 aliphatic rings. The Bertz CT molecular complexity index is 671. The molecule has 1 unspecified atom stereocenters. The normalized spacial score (nSPS) is 17.1. The zero-order valence-corrected chi connectivity index (χ0v) is 13.3. The maximum atomic E-state index is 12.0. The molecule has 8 heteroatoms. The van der Waals surface area contributed by atoms with E-state index in [1.54, 1.807) is 25.1 Å². The molecular weight excluding hydrogens is 312 g/mol. The summed E-state index contributed by atoms with van der Waals surface area (Å²) in [5.74, 6) is -0.386. The number of anilines is 1. The largest absolute Gasteiger partial charge is 0.462 e. The van der Waals surface area contributed by atoms with Gasteiger partial charge in [-0.3, -0.25) is 4.79 Å². The van der Waals surface area contributed by atoms with Crippen molar-refractivity contribution in [2.24, 2.45) is 4.40 Å². The molecule has 114 valence electrons. The molecule has 2 rings (SSSR count). The summed E-state index contributed by atoms with van der Waals surface area (Å²) < 4.78 is 32.8. The Kier molecular flexibility index (Phi) is 4.89. The van der Waals surface area contributed by atoms with Gasteiger partial charge in [0.1, 0.15) is 4.90 Å². The number of ether oxygens (including phenoxy) is 1. The Morgan fingerprint density at radius 1 is 1.43 bits per heavy atom.